The fourth-order valence-corrected chi connectivity index (χ4v) is 7.32. The van der Waals surface area contributed by atoms with Gasteiger partial charge in [0.05, 0.1) is 18.2 Å². The maximum atomic E-state index is 12.6. The van der Waals surface area contributed by atoms with Crippen molar-refractivity contribution >= 4 is 28.5 Å². The highest BCUT2D eigenvalue weighted by atomic mass is 127. The highest BCUT2D eigenvalue weighted by molar-refractivity contribution is 14.1. The average Bonchev–Trinajstić information content (AvgIpc) is 3.25. The molecule has 0 radical (unpaired) electrons. The van der Waals surface area contributed by atoms with E-state index in [0.717, 1.165) is 0 Å². The van der Waals surface area contributed by atoms with Gasteiger partial charge in [0.15, 0.2) is 0 Å². The van der Waals surface area contributed by atoms with Crippen LogP contribution in [-0.4, -0.2) is 26.9 Å². The number of nitrogens with zero attached hydrogens (tertiary/aromatic N) is 1. The van der Waals surface area contributed by atoms with Crippen LogP contribution < -0.4 is 0 Å². The summed E-state index contributed by atoms with van der Waals surface area (Å²) in [5.74, 6) is 2.65. The molecule has 0 N–H and O–H groups in total. The molecule has 0 spiro atoms. The molecule has 24 heavy (non-hydrogen) atoms. The minimum Gasteiger partial charge on any atom is -0.369 e. The normalized spacial score (nSPS) is 42.3. The van der Waals surface area contributed by atoms with Gasteiger partial charge in [-0.1, -0.05) is 52.9 Å². The molecule has 2 bridgehead atoms. The van der Waals surface area contributed by atoms with Crippen LogP contribution in [-0.2, 0) is 9.53 Å². The number of carbonyl (C=O) groups is 1. The Bertz CT molecular complexity index is 718. The molecule has 3 aliphatic carbocycles. The van der Waals surface area contributed by atoms with Gasteiger partial charge in [0.2, 0.25) is 5.91 Å². The summed E-state index contributed by atoms with van der Waals surface area (Å²) in [5.41, 5.74) is 2.43. The third-order valence-corrected chi connectivity index (χ3v) is 8.35. The van der Waals surface area contributed by atoms with Gasteiger partial charge in [0.1, 0.15) is 0 Å². The van der Waals surface area contributed by atoms with Crippen LogP contribution in [0, 0.1) is 23.7 Å². The Kier molecular flexibility index (Phi) is 3.40. The van der Waals surface area contributed by atoms with Crippen LogP contribution in [0.2, 0.25) is 0 Å². The molecule has 8 atom stereocenters. The van der Waals surface area contributed by atoms with Crippen molar-refractivity contribution < 1.29 is 9.53 Å². The van der Waals surface area contributed by atoms with E-state index in [1.165, 1.54) is 17.7 Å². The summed E-state index contributed by atoms with van der Waals surface area (Å²) in [4.78, 5) is 14.6. The van der Waals surface area contributed by atoms with E-state index in [2.05, 4.69) is 47.7 Å². The smallest absolute Gasteiger partial charge is 0.224 e. The van der Waals surface area contributed by atoms with Gasteiger partial charge in [0.25, 0.3) is 0 Å². The summed E-state index contributed by atoms with van der Waals surface area (Å²) in [6, 6.07) is 10.4. The third kappa shape index (κ3) is 1.90. The van der Waals surface area contributed by atoms with Gasteiger partial charge in [-0.2, -0.15) is 0 Å². The van der Waals surface area contributed by atoms with Gasteiger partial charge in [-0.3, -0.25) is 4.79 Å². The molecule has 5 rings (SSSR count). The number of hydrogen-bond donors (Lipinski definition) is 0. The van der Waals surface area contributed by atoms with Crippen molar-refractivity contribution in [3.05, 3.63) is 47.7 Å². The van der Waals surface area contributed by atoms with E-state index in [4.69, 9.17) is 4.74 Å². The largest absolute Gasteiger partial charge is 0.369 e. The monoisotopic (exact) mass is 435 g/mol. The van der Waals surface area contributed by atoms with Crippen molar-refractivity contribution in [2.24, 2.45) is 23.7 Å². The summed E-state index contributed by atoms with van der Waals surface area (Å²) < 4.78 is 6.97. The molecule has 4 aliphatic rings. The predicted octanol–water partition coefficient (Wildman–Crippen LogP) is 3.95. The van der Waals surface area contributed by atoms with E-state index in [-0.39, 0.29) is 18.1 Å². The summed E-state index contributed by atoms with van der Waals surface area (Å²) in [6.07, 6.45) is 4.25. The summed E-state index contributed by atoms with van der Waals surface area (Å²) in [6.45, 7) is 3.84. The molecule has 126 valence electrons. The second kappa shape index (κ2) is 5.31. The number of amides is 1. The lowest BCUT2D eigenvalue weighted by Gasteiger charge is -2.37. The molecular formula is C20H22INO2. The lowest BCUT2D eigenvalue weighted by atomic mass is 9.79. The van der Waals surface area contributed by atoms with Crippen LogP contribution in [0.3, 0.4) is 0 Å². The van der Waals surface area contributed by atoms with Crippen molar-refractivity contribution in [2.45, 2.75) is 42.4 Å². The van der Waals surface area contributed by atoms with Crippen LogP contribution in [0.25, 0.3) is 0 Å². The molecule has 1 aromatic rings. The fourth-order valence-electron chi connectivity index (χ4n) is 5.87. The Labute approximate surface area is 156 Å². The Balaban J connectivity index is 1.53. The number of rotatable bonds is 3. The molecule has 3 fully saturated rings. The third-order valence-electron chi connectivity index (χ3n) is 6.72. The van der Waals surface area contributed by atoms with E-state index in [1.54, 1.807) is 6.92 Å². The zero-order chi connectivity index (χ0) is 16.6. The van der Waals surface area contributed by atoms with E-state index in [1.807, 2.05) is 23.1 Å². The summed E-state index contributed by atoms with van der Waals surface area (Å²) in [7, 11) is 0. The molecule has 1 aliphatic heterocycles. The minimum atomic E-state index is 0.0661. The summed E-state index contributed by atoms with van der Waals surface area (Å²) in [5, 5.41) is 0. The van der Waals surface area contributed by atoms with Gasteiger partial charge < -0.3 is 9.64 Å². The Morgan fingerprint density at radius 3 is 2.75 bits per heavy atom. The number of halogens is 1. The Morgan fingerprint density at radius 2 is 2.04 bits per heavy atom. The molecule has 3 nitrogen and oxygen atoms in total. The molecule has 0 aromatic heterocycles. The lowest BCUT2D eigenvalue weighted by molar-refractivity contribution is -0.129. The fraction of sp³-hybridized carbons (Fsp3) is 0.550. The minimum absolute atomic E-state index is 0.0661. The molecular weight excluding hydrogens is 413 g/mol. The summed E-state index contributed by atoms with van der Waals surface area (Å²) >= 11 is 2.60. The predicted molar refractivity (Wildman–Crippen MR) is 101 cm³/mol. The second-order valence-corrected chi connectivity index (χ2v) is 9.18. The first-order chi connectivity index (χ1) is 11.6. The maximum absolute atomic E-state index is 12.6. The molecule has 4 heteroatoms. The maximum Gasteiger partial charge on any atom is 0.224 e. The van der Waals surface area contributed by atoms with Crippen LogP contribution in [0.5, 0.6) is 0 Å². The van der Waals surface area contributed by atoms with Crippen LogP contribution in [0.4, 0.5) is 0 Å². The zero-order valence-corrected chi connectivity index (χ0v) is 16.1. The Morgan fingerprint density at radius 1 is 1.29 bits per heavy atom. The van der Waals surface area contributed by atoms with Gasteiger partial charge in [-0.15, -0.1) is 0 Å². The number of allylic oxidation sites excluding steroid dienone is 1. The van der Waals surface area contributed by atoms with Crippen molar-refractivity contribution in [1.29, 1.82) is 0 Å². The van der Waals surface area contributed by atoms with Crippen LogP contribution in [0.1, 0.15) is 31.9 Å². The topological polar surface area (TPSA) is 29.5 Å². The molecule has 2 saturated carbocycles. The van der Waals surface area contributed by atoms with Gasteiger partial charge in [0, 0.05) is 28.4 Å². The molecule has 0 unspecified atom stereocenters. The standard InChI is InChI=1S/C20H22INO2/c1-10(12-6-4-3-5-7-12)22(11(2)23)15-9-16-18-14-8-13(17(15)18)19(21)20(14)24-16/h3-7,9-10,13-14,16-20H,8H2,1-2H3/t10-,13+,14-,16+,17+,18+,19+,20+/m1/s1. The first-order valence-electron chi connectivity index (χ1n) is 8.94. The van der Waals surface area contributed by atoms with Crippen LogP contribution >= 0.6 is 22.6 Å². The van der Waals surface area contributed by atoms with Crippen LogP contribution in [0.15, 0.2) is 42.1 Å². The zero-order valence-electron chi connectivity index (χ0n) is 13.9. The molecule has 1 saturated heterocycles. The Hall–Kier alpha value is -0.880. The van der Waals surface area contributed by atoms with Gasteiger partial charge in [-0.05, 0) is 36.8 Å². The first kappa shape index (κ1) is 15.4. The van der Waals surface area contributed by atoms with Crippen molar-refractivity contribution in [1.82, 2.24) is 4.90 Å². The molecule has 1 amide bonds. The second-order valence-electron chi connectivity index (χ2n) is 7.74. The van der Waals surface area contributed by atoms with Crippen molar-refractivity contribution in [2.75, 3.05) is 0 Å². The van der Waals surface area contributed by atoms with Gasteiger partial charge in [-0.25, -0.2) is 0 Å². The molecule has 1 aromatic carbocycles. The van der Waals surface area contributed by atoms with Crippen molar-refractivity contribution in [3.63, 3.8) is 0 Å². The van der Waals surface area contributed by atoms with E-state index >= 15 is 0 Å². The lowest BCUT2D eigenvalue weighted by Crippen LogP contribution is -2.40. The number of fused-ring (bicyclic) bond motifs is 2. The number of benzene rings is 1. The quantitative estimate of drug-likeness (QED) is 0.532. The van der Waals surface area contributed by atoms with E-state index in [9.17, 15) is 4.79 Å². The van der Waals surface area contributed by atoms with Gasteiger partial charge >= 0.3 is 0 Å². The van der Waals surface area contributed by atoms with E-state index in [0.29, 0.717) is 33.7 Å². The highest BCUT2D eigenvalue weighted by Crippen LogP contribution is 2.66. The number of ether oxygens (including phenoxy) is 1. The van der Waals surface area contributed by atoms with E-state index < -0.39 is 0 Å². The number of alkyl halides is 1. The average molecular weight is 435 g/mol. The number of carbonyl (C=O) groups excluding carboxylic acids is 1. The molecule has 1 heterocycles. The van der Waals surface area contributed by atoms with Crippen molar-refractivity contribution in [3.8, 4) is 0 Å². The number of hydrogen-bond acceptors (Lipinski definition) is 2. The first-order valence-corrected chi connectivity index (χ1v) is 10.2. The highest BCUT2D eigenvalue weighted by Gasteiger charge is 2.68. The SMILES string of the molecule is CC(=O)N(C1=C[C@@H]2O[C@@H]3[C@@H](I)[C@H]4C[C@@H]3[C@@H]2[C@H]14)[C@H](C)c1ccccc1.